The number of rotatable bonds is 12. The molecule has 0 amide bonds. The van der Waals surface area contributed by atoms with Crippen LogP contribution in [-0.2, 0) is 24.5 Å². The van der Waals surface area contributed by atoms with Crippen molar-refractivity contribution in [1.82, 2.24) is 0 Å². The Morgan fingerprint density at radius 2 is 1.27 bits per heavy atom. The second kappa shape index (κ2) is 12.1. The number of carbonyl (C=O) groups excluding carboxylic acids is 2. The summed E-state index contributed by atoms with van der Waals surface area (Å²) in [6, 6.07) is 15.8. The van der Waals surface area contributed by atoms with Gasteiger partial charge in [-0.2, -0.15) is 0 Å². The molecule has 2 aromatic rings. The summed E-state index contributed by atoms with van der Waals surface area (Å²) in [5.74, 6) is 0.737. The van der Waals surface area contributed by atoms with Gasteiger partial charge in [0.15, 0.2) is 0 Å². The number of ether oxygens (including phenoxy) is 4. The molecular weight excluding hydrogens is 420 g/mol. The molecule has 6 nitrogen and oxygen atoms in total. The van der Waals surface area contributed by atoms with Gasteiger partial charge in [0.2, 0.25) is 0 Å². The van der Waals surface area contributed by atoms with Gasteiger partial charge < -0.3 is 18.9 Å². The molecule has 0 saturated carbocycles. The second-order valence-electron chi connectivity index (χ2n) is 8.40. The number of hydrogen-bond donors (Lipinski definition) is 0. The maximum absolute atomic E-state index is 11.4. The molecule has 2 atom stereocenters. The molecule has 0 heterocycles. The summed E-state index contributed by atoms with van der Waals surface area (Å²) < 4.78 is 21.8. The molecule has 0 bridgehead atoms. The van der Waals surface area contributed by atoms with Gasteiger partial charge in [-0.05, 0) is 49.2 Å². The number of carbonyl (C=O) groups is 2. The van der Waals surface area contributed by atoms with Crippen molar-refractivity contribution in [2.45, 2.75) is 58.7 Å². The third-order valence-electron chi connectivity index (χ3n) is 5.23. The Morgan fingerprint density at radius 1 is 0.848 bits per heavy atom. The lowest BCUT2D eigenvalue weighted by Gasteiger charge is -2.26. The zero-order valence-corrected chi connectivity index (χ0v) is 20.1. The van der Waals surface area contributed by atoms with Crippen LogP contribution in [0.2, 0.25) is 0 Å². The highest BCUT2D eigenvalue weighted by atomic mass is 16.6. The third kappa shape index (κ3) is 7.97. The minimum atomic E-state index is -0.464. The molecule has 0 aliphatic carbocycles. The molecular formula is C27H34O6. The molecule has 0 aromatic heterocycles. The van der Waals surface area contributed by atoms with E-state index in [0.717, 1.165) is 23.0 Å². The summed E-state index contributed by atoms with van der Waals surface area (Å²) >= 11 is 0. The van der Waals surface area contributed by atoms with E-state index in [4.69, 9.17) is 18.9 Å². The Hall–Kier alpha value is -3.28. The van der Waals surface area contributed by atoms with Crippen LogP contribution >= 0.6 is 0 Å². The van der Waals surface area contributed by atoms with Gasteiger partial charge in [0.25, 0.3) is 0 Å². The Morgan fingerprint density at radius 3 is 1.67 bits per heavy atom. The zero-order valence-electron chi connectivity index (χ0n) is 20.1. The van der Waals surface area contributed by atoms with E-state index in [1.165, 1.54) is 0 Å². The minimum absolute atomic E-state index is 0.228. The summed E-state index contributed by atoms with van der Waals surface area (Å²) in [5, 5.41) is 0. The van der Waals surface area contributed by atoms with Crippen LogP contribution in [-0.4, -0.2) is 37.4 Å². The Kier molecular flexibility index (Phi) is 9.52. The maximum Gasteiger partial charge on any atom is 0.330 e. The van der Waals surface area contributed by atoms with Crippen molar-refractivity contribution in [3.05, 3.63) is 72.3 Å². The van der Waals surface area contributed by atoms with E-state index in [1.54, 1.807) is 13.8 Å². The van der Waals surface area contributed by atoms with Crippen LogP contribution in [0.4, 0.5) is 0 Å². The van der Waals surface area contributed by atoms with E-state index in [9.17, 15) is 9.59 Å². The van der Waals surface area contributed by atoms with Crippen molar-refractivity contribution in [2.75, 3.05) is 13.2 Å². The lowest BCUT2D eigenvalue weighted by molar-refractivity contribution is -0.149. The topological polar surface area (TPSA) is 71.1 Å². The van der Waals surface area contributed by atoms with E-state index in [0.29, 0.717) is 18.8 Å². The molecule has 0 radical (unpaired) electrons. The highest BCUT2D eigenvalue weighted by Gasteiger charge is 2.23. The fourth-order valence-electron chi connectivity index (χ4n) is 3.15. The van der Waals surface area contributed by atoms with Crippen LogP contribution in [0.25, 0.3) is 0 Å². The Balaban J connectivity index is 1.95. The molecule has 0 N–H and O–H groups in total. The van der Waals surface area contributed by atoms with Gasteiger partial charge in [-0.25, -0.2) is 4.79 Å². The second-order valence-corrected chi connectivity index (χ2v) is 8.40. The van der Waals surface area contributed by atoms with Gasteiger partial charge >= 0.3 is 11.9 Å². The molecule has 178 valence electrons. The summed E-state index contributed by atoms with van der Waals surface area (Å²) in [6.45, 7) is 13.6. The standard InChI is InChI=1S/C27H34O6/c1-7-25(28)32-19(3)17-30-23-13-9-21(10-14-23)27(5,6)22-11-15-24(16-12-22)31-18-20(4)33-26(29)8-2/h7,9-16,19-20H,1,8,17-18H2,2-6H3. The fraction of sp³-hybridized carbons (Fsp3) is 0.407. The SMILES string of the molecule is C=CC(=O)OC(C)COc1ccc(C(C)(C)c2ccc(OCC(C)OC(=O)CC)cc2)cc1. The fourth-order valence-corrected chi connectivity index (χ4v) is 3.15. The van der Waals surface area contributed by atoms with E-state index >= 15 is 0 Å². The largest absolute Gasteiger partial charge is 0.490 e. The predicted octanol–water partition coefficient (Wildman–Crippen LogP) is 5.23. The average Bonchev–Trinajstić information content (AvgIpc) is 2.81. The van der Waals surface area contributed by atoms with Gasteiger partial charge in [-0.3, -0.25) is 4.79 Å². The van der Waals surface area contributed by atoms with E-state index in [2.05, 4.69) is 20.4 Å². The summed E-state index contributed by atoms with van der Waals surface area (Å²) in [7, 11) is 0. The van der Waals surface area contributed by atoms with Crippen molar-refractivity contribution >= 4 is 11.9 Å². The molecule has 2 aromatic carbocycles. The number of benzene rings is 2. The van der Waals surface area contributed by atoms with E-state index in [-0.39, 0.29) is 30.2 Å². The smallest absolute Gasteiger partial charge is 0.330 e. The normalized spacial score (nSPS) is 12.9. The first-order chi connectivity index (χ1) is 15.6. The molecule has 2 rings (SSSR count). The van der Waals surface area contributed by atoms with Crippen LogP contribution in [0.15, 0.2) is 61.2 Å². The molecule has 0 aliphatic heterocycles. The predicted molar refractivity (Wildman–Crippen MR) is 128 cm³/mol. The average molecular weight is 455 g/mol. The van der Waals surface area contributed by atoms with Crippen LogP contribution in [0.3, 0.4) is 0 Å². The zero-order chi connectivity index (χ0) is 24.4. The Bertz CT molecular complexity index is 915. The molecule has 0 saturated heterocycles. The van der Waals surface area contributed by atoms with Crippen molar-refractivity contribution in [1.29, 1.82) is 0 Å². The van der Waals surface area contributed by atoms with Gasteiger partial charge in [0.05, 0.1) is 0 Å². The van der Waals surface area contributed by atoms with Crippen molar-refractivity contribution in [2.24, 2.45) is 0 Å². The third-order valence-corrected chi connectivity index (χ3v) is 5.23. The molecule has 6 heteroatoms. The summed E-state index contributed by atoms with van der Waals surface area (Å²) in [5.41, 5.74) is 2.04. The number of esters is 2. The van der Waals surface area contributed by atoms with Gasteiger partial charge in [-0.1, -0.05) is 51.6 Å². The lowest BCUT2D eigenvalue weighted by atomic mass is 9.78. The van der Waals surface area contributed by atoms with E-state index in [1.807, 2.05) is 55.5 Å². The highest BCUT2D eigenvalue weighted by Crippen LogP contribution is 2.33. The molecule has 2 unspecified atom stereocenters. The van der Waals surface area contributed by atoms with Gasteiger partial charge in [0, 0.05) is 17.9 Å². The first kappa shape index (κ1) is 26.0. The highest BCUT2D eigenvalue weighted by molar-refractivity contribution is 5.81. The van der Waals surface area contributed by atoms with Gasteiger partial charge in [0.1, 0.15) is 36.9 Å². The quantitative estimate of drug-likeness (QED) is 0.323. The maximum atomic E-state index is 11.4. The van der Waals surface area contributed by atoms with Gasteiger partial charge in [-0.15, -0.1) is 0 Å². The van der Waals surface area contributed by atoms with E-state index < -0.39 is 5.97 Å². The monoisotopic (exact) mass is 454 g/mol. The summed E-state index contributed by atoms with van der Waals surface area (Å²) in [6.07, 6.45) is 0.822. The van der Waals surface area contributed by atoms with Crippen LogP contribution in [0, 0.1) is 0 Å². The number of hydrogen-bond acceptors (Lipinski definition) is 6. The molecule has 0 spiro atoms. The molecule has 33 heavy (non-hydrogen) atoms. The lowest BCUT2D eigenvalue weighted by Crippen LogP contribution is -2.22. The van der Waals surface area contributed by atoms with Crippen LogP contribution in [0.5, 0.6) is 11.5 Å². The molecule has 0 fully saturated rings. The van der Waals surface area contributed by atoms with Crippen molar-refractivity contribution in [3.8, 4) is 11.5 Å². The minimum Gasteiger partial charge on any atom is -0.490 e. The van der Waals surface area contributed by atoms with Crippen LogP contribution < -0.4 is 9.47 Å². The summed E-state index contributed by atoms with van der Waals surface area (Å²) in [4.78, 5) is 22.6. The first-order valence-electron chi connectivity index (χ1n) is 11.1. The first-order valence-corrected chi connectivity index (χ1v) is 11.1. The Labute approximate surface area is 196 Å². The van der Waals surface area contributed by atoms with Crippen molar-refractivity contribution < 1.29 is 28.5 Å². The molecule has 0 aliphatic rings. The van der Waals surface area contributed by atoms with Crippen molar-refractivity contribution in [3.63, 3.8) is 0 Å². The van der Waals surface area contributed by atoms with Crippen LogP contribution in [0.1, 0.15) is 52.2 Å².